The fourth-order valence-electron chi connectivity index (χ4n) is 1.96. The molecule has 1 amide bonds. The predicted octanol–water partition coefficient (Wildman–Crippen LogP) is 4.12. The second-order valence-corrected chi connectivity index (χ2v) is 5.73. The van der Waals surface area contributed by atoms with Crippen molar-refractivity contribution in [2.24, 2.45) is 0 Å². The molecule has 150 valence electrons. The number of hydrogen-bond acceptors (Lipinski definition) is 4. The van der Waals surface area contributed by atoms with E-state index in [-0.39, 0.29) is 0 Å². The van der Waals surface area contributed by atoms with E-state index >= 15 is 0 Å². The van der Waals surface area contributed by atoms with Crippen LogP contribution in [0.4, 0.5) is 27.6 Å². The van der Waals surface area contributed by atoms with Crippen molar-refractivity contribution in [2.75, 3.05) is 11.9 Å². The van der Waals surface area contributed by atoms with E-state index in [4.69, 9.17) is 16.9 Å². The Hall–Kier alpha value is -3.45. The Morgan fingerprint density at radius 3 is 2.03 bits per heavy atom. The summed E-state index contributed by atoms with van der Waals surface area (Å²) in [7, 11) is 0. The molecule has 29 heavy (non-hydrogen) atoms. The molecular weight excluding hydrogens is 423 g/mol. The number of nitrogens with zero attached hydrogens (tertiary/aromatic N) is 1. The monoisotopic (exact) mass is 430 g/mol. The third-order valence-electron chi connectivity index (χ3n) is 3.33. The first kappa shape index (κ1) is 21.8. The van der Waals surface area contributed by atoms with Crippen molar-refractivity contribution in [3.8, 4) is 6.07 Å². The van der Waals surface area contributed by atoms with Crippen LogP contribution in [0.1, 0.15) is 5.56 Å². The highest BCUT2D eigenvalue weighted by molar-refractivity contribution is 6.30. The molecule has 0 aliphatic heterocycles. The van der Waals surface area contributed by atoms with Crippen LogP contribution in [0.5, 0.6) is 0 Å². The number of carbonyl (C=O) groups excluding carboxylic acids is 2. The van der Waals surface area contributed by atoms with Gasteiger partial charge in [0.2, 0.25) is 5.82 Å². The molecule has 0 aliphatic rings. The summed E-state index contributed by atoms with van der Waals surface area (Å²) in [6.07, 6.45) is 1.13. The molecule has 0 spiro atoms. The van der Waals surface area contributed by atoms with Crippen molar-refractivity contribution in [2.45, 2.75) is 0 Å². The first-order valence-electron chi connectivity index (χ1n) is 7.51. The molecule has 0 aliphatic carbocycles. The number of ether oxygens (including phenoxy) is 1. The van der Waals surface area contributed by atoms with Gasteiger partial charge in [-0.15, -0.1) is 0 Å². The summed E-state index contributed by atoms with van der Waals surface area (Å²) in [5.74, 6) is -14.1. The van der Waals surface area contributed by atoms with Crippen LogP contribution >= 0.6 is 11.6 Å². The van der Waals surface area contributed by atoms with E-state index in [1.807, 2.05) is 0 Å². The zero-order valence-electron chi connectivity index (χ0n) is 14.0. The van der Waals surface area contributed by atoms with Gasteiger partial charge >= 0.3 is 5.97 Å². The number of carbonyl (C=O) groups is 2. The van der Waals surface area contributed by atoms with Crippen LogP contribution in [0.3, 0.4) is 0 Å². The molecule has 0 fully saturated rings. The fraction of sp³-hybridized carbons (Fsp3) is 0.0556. The van der Waals surface area contributed by atoms with Gasteiger partial charge in [0.25, 0.3) is 5.91 Å². The summed E-state index contributed by atoms with van der Waals surface area (Å²) in [5.41, 5.74) is -1.70. The van der Waals surface area contributed by atoms with Crippen molar-refractivity contribution in [3.63, 3.8) is 0 Å². The van der Waals surface area contributed by atoms with Crippen LogP contribution in [-0.4, -0.2) is 18.5 Å². The average Bonchev–Trinajstić information content (AvgIpc) is 2.71. The van der Waals surface area contributed by atoms with Gasteiger partial charge in [-0.3, -0.25) is 4.79 Å². The maximum atomic E-state index is 13.5. The molecule has 11 heteroatoms. The van der Waals surface area contributed by atoms with Gasteiger partial charge in [-0.25, -0.2) is 26.7 Å². The maximum absolute atomic E-state index is 13.5. The summed E-state index contributed by atoms with van der Waals surface area (Å²) in [4.78, 5) is 23.5. The van der Waals surface area contributed by atoms with E-state index in [2.05, 4.69) is 4.74 Å². The third kappa shape index (κ3) is 5.08. The van der Waals surface area contributed by atoms with Crippen molar-refractivity contribution in [1.82, 2.24) is 0 Å². The Bertz CT molecular complexity index is 1020. The highest BCUT2D eigenvalue weighted by Gasteiger charge is 2.27. The number of nitrogens with one attached hydrogen (secondary N) is 1. The summed E-state index contributed by atoms with van der Waals surface area (Å²) < 4.78 is 70.7. The summed E-state index contributed by atoms with van der Waals surface area (Å²) in [6, 6.07) is 7.50. The second kappa shape index (κ2) is 9.16. The van der Waals surface area contributed by atoms with Crippen molar-refractivity contribution in [3.05, 3.63) is 69.5 Å². The van der Waals surface area contributed by atoms with Crippen LogP contribution in [0.25, 0.3) is 6.08 Å². The molecule has 2 aromatic rings. The van der Waals surface area contributed by atoms with Gasteiger partial charge in [-0.2, -0.15) is 5.26 Å². The molecular formula is C18H8ClF5N2O3. The van der Waals surface area contributed by atoms with E-state index in [0.29, 0.717) is 10.6 Å². The first-order valence-corrected chi connectivity index (χ1v) is 7.89. The third-order valence-corrected chi connectivity index (χ3v) is 3.58. The van der Waals surface area contributed by atoms with Gasteiger partial charge < -0.3 is 10.1 Å². The highest BCUT2D eigenvalue weighted by atomic mass is 35.5. The van der Waals surface area contributed by atoms with Gasteiger partial charge in [0, 0.05) is 5.02 Å². The van der Waals surface area contributed by atoms with Crippen LogP contribution in [0.15, 0.2) is 29.8 Å². The van der Waals surface area contributed by atoms with E-state index in [9.17, 15) is 31.5 Å². The molecule has 2 rings (SSSR count). The molecule has 0 radical (unpaired) electrons. The minimum Gasteiger partial charge on any atom is -0.451 e. The van der Waals surface area contributed by atoms with Crippen LogP contribution in [0.2, 0.25) is 5.02 Å². The first-order chi connectivity index (χ1) is 13.6. The topological polar surface area (TPSA) is 79.2 Å². The van der Waals surface area contributed by atoms with Crippen molar-refractivity contribution >= 4 is 35.2 Å². The van der Waals surface area contributed by atoms with E-state index in [1.54, 1.807) is 0 Å². The Morgan fingerprint density at radius 1 is 1.00 bits per heavy atom. The normalized spacial score (nSPS) is 11.0. The second-order valence-electron chi connectivity index (χ2n) is 5.29. The molecule has 0 heterocycles. The maximum Gasteiger partial charge on any atom is 0.349 e. The number of nitriles is 1. The fourth-order valence-corrected chi connectivity index (χ4v) is 2.09. The molecule has 0 aromatic heterocycles. The number of anilines is 1. The van der Waals surface area contributed by atoms with E-state index < -0.39 is 58.8 Å². The molecule has 2 aromatic carbocycles. The molecule has 5 nitrogen and oxygen atoms in total. The van der Waals surface area contributed by atoms with E-state index in [1.165, 1.54) is 35.7 Å². The van der Waals surface area contributed by atoms with E-state index in [0.717, 1.165) is 6.08 Å². The molecule has 0 bridgehead atoms. The molecule has 0 saturated carbocycles. The number of hydrogen-bond donors (Lipinski definition) is 1. The predicted molar refractivity (Wildman–Crippen MR) is 90.9 cm³/mol. The lowest BCUT2D eigenvalue weighted by atomic mass is 10.1. The number of halogens is 6. The zero-order valence-corrected chi connectivity index (χ0v) is 14.8. The van der Waals surface area contributed by atoms with Gasteiger partial charge in [-0.1, -0.05) is 23.7 Å². The quantitative estimate of drug-likeness (QED) is 0.193. The molecule has 0 unspecified atom stereocenters. The van der Waals surface area contributed by atoms with Crippen molar-refractivity contribution < 1.29 is 36.3 Å². The van der Waals surface area contributed by atoms with Gasteiger partial charge in [0.05, 0.1) is 0 Å². The molecule has 0 atom stereocenters. The Balaban J connectivity index is 2.08. The van der Waals surface area contributed by atoms with Gasteiger partial charge in [-0.05, 0) is 23.8 Å². The standard InChI is InChI=1S/C18H8ClF5N2O3/c19-10-3-1-8(2-4-10)5-9(6-25)18(28)29-7-11(27)26-17-15(23)13(21)12(20)14(22)16(17)24/h1-5H,7H2,(H,26,27)/b9-5+. The summed E-state index contributed by atoms with van der Waals surface area (Å²) >= 11 is 5.70. The lowest BCUT2D eigenvalue weighted by Crippen LogP contribution is -2.23. The van der Waals surface area contributed by atoms with Crippen LogP contribution < -0.4 is 5.32 Å². The summed E-state index contributed by atoms with van der Waals surface area (Å²) in [6.45, 7) is -1.15. The molecule has 1 N–H and O–H groups in total. The SMILES string of the molecule is N#C/C(=C\c1ccc(Cl)cc1)C(=O)OCC(=O)Nc1c(F)c(F)c(F)c(F)c1F. The Labute approximate surface area is 164 Å². The van der Waals surface area contributed by atoms with Crippen LogP contribution in [-0.2, 0) is 14.3 Å². The average molecular weight is 431 g/mol. The highest BCUT2D eigenvalue weighted by Crippen LogP contribution is 2.27. The largest absolute Gasteiger partial charge is 0.451 e. The summed E-state index contributed by atoms with van der Waals surface area (Å²) in [5, 5.41) is 10.8. The number of benzene rings is 2. The molecule has 0 saturated heterocycles. The number of rotatable bonds is 5. The zero-order chi connectivity index (χ0) is 21.7. The minimum atomic E-state index is -2.39. The van der Waals surface area contributed by atoms with Crippen molar-refractivity contribution in [1.29, 1.82) is 5.26 Å². The van der Waals surface area contributed by atoms with Gasteiger partial charge in [0.1, 0.15) is 17.3 Å². The lowest BCUT2D eigenvalue weighted by molar-refractivity contribution is -0.142. The van der Waals surface area contributed by atoms with Gasteiger partial charge in [0.15, 0.2) is 29.9 Å². The smallest absolute Gasteiger partial charge is 0.349 e. The Kier molecular flexibility index (Phi) is 6.90. The lowest BCUT2D eigenvalue weighted by Gasteiger charge is -2.10. The minimum absolute atomic E-state index is 0.410. The number of esters is 1. The van der Waals surface area contributed by atoms with Crippen LogP contribution in [0, 0.1) is 40.4 Å². The number of amides is 1. The Morgan fingerprint density at radius 2 is 1.52 bits per heavy atom.